The van der Waals surface area contributed by atoms with Crippen LogP contribution in [0.5, 0.6) is 0 Å². The molecule has 0 saturated heterocycles. The number of halogens is 1. The smallest absolute Gasteiger partial charge is 0.251 e. The fraction of sp³-hybridized carbons (Fsp3) is 0.0909. The molecule has 1 aromatic heterocycles. The Bertz CT molecular complexity index is 1230. The van der Waals surface area contributed by atoms with Crippen LogP contribution in [0.15, 0.2) is 71.9 Å². The molecule has 0 aliphatic carbocycles. The van der Waals surface area contributed by atoms with Crippen molar-refractivity contribution >= 4 is 51.6 Å². The van der Waals surface area contributed by atoms with E-state index in [1.54, 1.807) is 24.3 Å². The molecule has 3 aromatic carbocycles. The van der Waals surface area contributed by atoms with Gasteiger partial charge in [-0.15, -0.1) is 5.10 Å². The van der Waals surface area contributed by atoms with E-state index in [4.69, 9.17) is 11.6 Å². The van der Waals surface area contributed by atoms with E-state index >= 15 is 0 Å². The van der Waals surface area contributed by atoms with Crippen molar-refractivity contribution in [1.29, 1.82) is 0 Å². The molecule has 0 unspecified atom stereocenters. The first-order chi connectivity index (χ1) is 15.1. The number of fused-ring (bicyclic) bond motifs is 1. The summed E-state index contributed by atoms with van der Waals surface area (Å²) in [4.78, 5) is 28.7. The van der Waals surface area contributed by atoms with Crippen LogP contribution in [-0.2, 0) is 11.3 Å². The van der Waals surface area contributed by atoms with E-state index in [0.29, 0.717) is 21.6 Å². The first-order valence-electron chi connectivity index (χ1n) is 9.43. The summed E-state index contributed by atoms with van der Waals surface area (Å²) in [6.45, 7) is 0.193. The maximum absolute atomic E-state index is 12.3. The number of aromatic amines is 1. The second-order valence-electron chi connectivity index (χ2n) is 6.65. The third kappa shape index (κ3) is 5.62. The highest BCUT2D eigenvalue weighted by molar-refractivity contribution is 7.99. The van der Waals surface area contributed by atoms with Gasteiger partial charge >= 0.3 is 0 Å². The maximum Gasteiger partial charge on any atom is 0.251 e. The molecule has 0 aliphatic rings. The molecule has 156 valence electrons. The van der Waals surface area contributed by atoms with Crippen molar-refractivity contribution < 1.29 is 9.59 Å². The summed E-state index contributed by atoms with van der Waals surface area (Å²) in [5.74, 6) is 0.279. The van der Waals surface area contributed by atoms with E-state index in [0.717, 1.165) is 16.5 Å². The van der Waals surface area contributed by atoms with Crippen LogP contribution >= 0.6 is 23.4 Å². The van der Waals surface area contributed by atoms with Crippen molar-refractivity contribution in [3.63, 3.8) is 0 Å². The molecule has 7 nitrogen and oxygen atoms in total. The molecule has 0 fully saturated rings. The SMILES string of the molecule is O=C(CSc1n[nH]c(CNC(=O)c2ccc(Cl)cc2)n1)Nc1ccc2ccccc2c1. The van der Waals surface area contributed by atoms with E-state index in [1.165, 1.54) is 11.8 Å². The summed E-state index contributed by atoms with van der Waals surface area (Å²) in [7, 11) is 0. The highest BCUT2D eigenvalue weighted by Crippen LogP contribution is 2.19. The van der Waals surface area contributed by atoms with Gasteiger partial charge in [-0.1, -0.05) is 53.7 Å². The average molecular weight is 452 g/mol. The van der Waals surface area contributed by atoms with Crippen LogP contribution in [0.25, 0.3) is 10.8 Å². The van der Waals surface area contributed by atoms with E-state index in [2.05, 4.69) is 25.8 Å². The minimum Gasteiger partial charge on any atom is -0.345 e. The fourth-order valence-electron chi connectivity index (χ4n) is 2.88. The second-order valence-corrected chi connectivity index (χ2v) is 8.03. The zero-order valence-corrected chi connectivity index (χ0v) is 17.8. The Hall–Kier alpha value is -3.36. The average Bonchev–Trinajstić information content (AvgIpc) is 3.24. The summed E-state index contributed by atoms with van der Waals surface area (Å²) in [5, 5.41) is 15.7. The lowest BCUT2D eigenvalue weighted by atomic mass is 10.1. The molecule has 2 amide bonds. The zero-order valence-electron chi connectivity index (χ0n) is 16.3. The molecule has 0 radical (unpaired) electrons. The topological polar surface area (TPSA) is 99.8 Å². The van der Waals surface area contributed by atoms with Gasteiger partial charge < -0.3 is 10.6 Å². The molecule has 0 atom stereocenters. The number of aromatic nitrogens is 3. The monoisotopic (exact) mass is 451 g/mol. The van der Waals surface area contributed by atoms with Gasteiger partial charge in [0.1, 0.15) is 5.82 Å². The highest BCUT2D eigenvalue weighted by atomic mass is 35.5. The molecule has 0 aliphatic heterocycles. The largest absolute Gasteiger partial charge is 0.345 e. The van der Waals surface area contributed by atoms with Gasteiger partial charge in [-0.05, 0) is 47.2 Å². The summed E-state index contributed by atoms with van der Waals surface area (Å²) in [6, 6.07) is 20.3. The molecule has 31 heavy (non-hydrogen) atoms. The summed E-state index contributed by atoms with van der Waals surface area (Å²) >= 11 is 7.04. The standard InChI is InChI=1S/C22H18ClN5O2S/c23-17-8-5-15(6-9-17)21(30)24-12-19-26-22(28-27-19)31-13-20(29)25-18-10-7-14-3-1-2-4-16(14)11-18/h1-11H,12-13H2,(H,24,30)(H,25,29)(H,26,27,28). The Labute approximate surface area is 187 Å². The molecule has 0 saturated carbocycles. The van der Waals surface area contributed by atoms with Crippen molar-refractivity contribution in [2.45, 2.75) is 11.7 Å². The number of anilines is 1. The third-order valence-electron chi connectivity index (χ3n) is 4.40. The summed E-state index contributed by atoms with van der Waals surface area (Å²) in [5.41, 5.74) is 1.24. The van der Waals surface area contributed by atoms with Crippen LogP contribution in [0.3, 0.4) is 0 Å². The lowest BCUT2D eigenvalue weighted by Crippen LogP contribution is -2.23. The van der Waals surface area contributed by atoms with E-state index in [1.807, 2.05) is 42.5 Å². The number of nitrogens with zero attached hydrogens (tertiary/aromatic N) is 2. The number of carbonyl (C=O) groups excluding carboxylic acids is 2. The molecular weight excluding hydrogens is 434 g/mol. The molecule has 4 aromatic rings. The van der Waals surface area contributed by atoms with Crippen LogP contribution in [0, 0.1) is 0 Å². The molecule has 0 bridgehead atoms. The van der Waals surface area contributed by atoms with Gasteiger partial charge in [-0.2, -0.15) is 0 Å². The zero-order chi connectivity index (χ0) is 21.6. The molecule has 0 spiro atoms. The first-order valence-corrected chi connectivity index (χ1v) is 10.8. The lowest BCUT2D eigenvalue weighted by Gasteiger charge is -2.05. The van der Waals surface area contributed by atoms with Crippen LogP contribution in [0.1, 0.15) is 16.2 Å². The van der Waals surface area contributed by atoms with Gasteiger partial charge in [-0.3, -0.25) is 14.7 Å². The van der Waals surface area contributed by atoms with Gasteiger partial charge in [0.15, 0.2) is 0 Å². The minimum absolute atomic E-state index is 0.150. The molecule has 1 heterocycles. The number of hydrogen-bond donors (Lipinski definition) is 3. The lowest BCUT2D eigenvalue weighted by molar-refractivity contribution is -0.113. The van der Waals surface area contributed by atoms with Crippen molar-refractivity contribution in [2.75, 3.05) is 11.1 Å². The number of hydrogen-bond acceptors (Lipinski definition) is 5. The Balaban J connectivity index is 1.26. The van der Waals surface area contributed by atoms with Gasteiger partial charge in [0, 0.05) is 16.3 Å². The van der Waals surface area contributed by atoms with Crippen molar-refractivity contribution in [3.05, 3.63) is 83.1 Å². The predicted molar refractivity (Wildman–Crippen MR) is 122 cm³/mol. The van der Waals surface area contributed by atoms with E-state index in [-0.39, 0.29) is 24.1 Å². The van der Waals surface area contributed by atoms with Gasteiger partial charge in [0.05, 0.1) is 12.3 Å². The number of nitrogens with one attached hydrogen (secondary N) is 3. The highest BCUT2D eigenvalue weighted by Gasteiger charge is 2.10. The Kier molecular flexibility index (Phi) is 6.49. The number of H-pyrrole nitrogens is 1. The predicted octanol–water partition coefficient (Wildman–Crippen LogP) is 4.27. The number of carbonyl (C=O) groups is 2. The number of benzene rings is 3. The van der Waals surface area contributed by atoms with Crippen molar-refractivity contribution in [3.8, 4) is 0 Å². The van der Waals surface area contributed by atoms with Crippen LogP contribution in [-0.4, -0.2) is 32.7 Å². The third-order valence-corrected chi connectivity index (χ3v) is 5.50. The summed E-state index contributed by atoms with van der Waals surface area (Å²) in [6.07, 6.45) is 0. The molecule has 4 rings (SSSR count). The molecule has 3 N–H and O–H groups in total. The van der Waals surface area contributed by atoms with Gasteiger partial charge in [0.25, 0.3) is 5.91 Å². The number of amides is 2. The maximum atomic E-state index is 12.3. The second kappa shape index (κ2) is 9.63. The molecule has 9 heteroatoms. The van der Waals surface area contributed by atoms with Crippen molar-refractivity contribution in [1.82, 2.24) is 20.5 Å². The summed E-state index contributed by atoms with van der Waals surface area (Å²) < 4.78 is 0. The fourth-order valence-corrected chi connectivity index (χ4v) is 3.63. The van der Waals surface area contributed by atoms with Crippen molar-refractivity contribution in [2.24, 2.45) is 0 Å². The van der Waals surface area contributed by atoms with E-state index in [9.17, 15) is 9.59 Å². The minimum atomic E-state index is -0.239. The quantitative estimate of drug-likeness (QED) is 0.364. The number of thioether (sulfide) groups is 1. The Morgan fingerprint density at radius 1 is 1.00 bits per heavy atom. The van der Waals surface area contributed by atoms with E-state index < -0.39 is 0 Å². The van der Waals surface area contributed by atoms with Crippen LogP contribution in [0.4, 0.5) is 5.69 Å². The van der Waals surface area contributed by atoms with Gasteiger partial charge in [-0.25, -0.2) is 4.98 Å². The van der Waals surface area contributed by atoms with Gasteiger partial charge in [0.2, 0.25) is 11.1 Å². The van der Waals surface area contributed by atoms with Crippen LogP contribution in [0.2, 0.25) is 5.02 Å². The normalized spacial score (nSPS) is 10.7. The molecular formula is C22H18ClN5O2S. The Morgan fingerprint density at radius 3 is 2.58 bits per heavy atom. The first kappa shape index (κ1) is 20.9. The number of rotatable bonds is 7. The Morgan fingerprint density at radius 2 is 1.77 bits per heavy atom. The van der Waals surface area contributed by atoms with Crippen LogP contribution < -0.4 is 10.6 Å².